The molecule has 0 aromatic heterocycles. The third-order valence-corrected chi connectivity index (χ3v) is 3.51. The van der Waals surface area contributed by atoms with Gasteiger partial charge in [-0.1, -0.05) is 0 Å². The number of Topliss-reactive ketones (excluding diaryl/α,β-unsaturated/α-hetero) is 1. The van der Waals surface area contributed by atoms with Crippen molar-refractivity contribution in [3.8, 4) is 0 Å². The van der Waals surface area contributed by atoms with Gasteiger partial charge in [0.2, 0.25) is 11.8 Å². The molecule has 22 heavy (non-hydrogen) atoms. The zero-order valence-corrected chi connectivity index (χ0v) is 12.9. The maximum absolute atomic E-state index is 12.1. The number of benzene rings is 1. The molecule has 1 aromatic carbocycles. The first-order valence-electron chi connectivity index (χ1n) is 7.33. The predicted octanol–water partition coefficient (Wildman–Crippen LogP) is 0.822. The number of carbonyl (C=O) groups is 3. The van der Waals surface area contributed by atoms with Crippen LogP contribution in [0.15, 0.2) is 18.2 Å². The van der Waals surface area contributed by atoms with Crippen LogP contribution in [0, 0.1) is 0 Å². The van der Waals surface area contributed by atoms with E-state index in [1.807, 2.05) is 19.0 Å². The number of likely N-dealkylation sites (N-methyl/N-ethyl adjacent to an activating group) is 1. The Morgan fingerprint density at radius 2 is 2.05 bits per heavy atom. The van der Waals surface area contributed by atoms with Crippen molar-refractivity contribution >= 4 is 23.3 Å². The molecule has 118 valence electrons. The van der Waals surface area contributed by atoms with E-state index in [9.17, 15) is 14.4 Å². The van der Waals surface area contributed by atoms with Crippen molar-refractivity contribution in [1.82, 2.24) is 10.2 Å². The Kier molecular flexibility index (Phi) is 5.27. The summed E-state index contributed by atoms with van der Waals surface area (Å²) in [6.45, 7) is 1.35. The van der Waals surface area contributed by atoms with Crippen molar-refractivity contribution in [3.63, 3.8) is 0 Å². The molecule has 0 fully saturated rings. The first kappa shape index (κ1) is 16.2. The van der Waals surface area contributed by atoms with Crippen molar-refractivity contribution in [2.45, 2.75) is 19.3 Å². The van der Waals surface area contributed by atoms with E-state index in [4.69, 9.17) is 0 Å². The zero-order chi connectivity index (χ0) is 16.1. The monoisotopic (exact) mass is 303 g/mol. The lowest BCUT2D eigenvalue weighted by atomic mass is 10.0. The fourth-order valence-corrected chi connectivity index (χ4v) is 2.28. The van der Waals surface area contributed by atoms with Gasteiger partial charge in [0.1, 0.15) is 0 Å². The Bertz CT molecular complexity index is 596. The van der Waals surface area contributed by atoms with E-state index >= 15 is 0 Å². The summed E-state index contributed by atoms with van der Waals surface area (Å²) < 4.78 is 0. The number of ketones is 1. The number of hydrogen-bond donors (Lipinski definition) is 2. The number of amides is 2. The Morgan fingerprint density at radius 1 is 1.27 bits per heavy atom. The van der Waals surface area contributed by atoms with Gasteiger partial charge in [-0.3, -0.25) is 14.4 Å². The molecule has 2 amide bonds. The van der Waals surface area contributed by atoms with Gasteiger partial charge in [0.25, 0.3) is 0 Å². The average Bonchev–Trinajstić information content (AvgIpc) is 2.83. The number of carbonyl (C=O) groups excluding carboxylic acids is 3. The summed E-state index contributed by atoms with van der Waals surface area (Å²) in [6.07, 6.45) is 0.663. The highest BCUT2D eigenvalue weighted by Crippen LogP contribution is 2.24. The van der Waals surface area contributed by atoms with Crippen LogP contribution in [-0.4, -0.2) is 49.7 Å². The third kappa shape index (κ3) is 4.39. The molecule has 0 bridgehead atoms. The zero-order valence-electron chi connectivity index (χ0n) is 12.9. The van der Waals surface area contributed by atoms with Crippen molar-refractivity contribution in [3.05, 3.63) is 29.3 Å². The predicted molar refractivity (Wildman–Crippen MR) is 83.9 cm³/mol. The van der Waals surface area contributed by atoms with E-state index < -0.39 is 0 Å². The summed E-state index contributed by atoms with van der Waals surface area (Å²) >= 11 is 0. The normalized spacial score (nSPS) is 13.0. The maximum Gasteiger partial charge on any atom is 0.228 e. The second-order valence-corrected chi connectivity index (χ2v) is 5.67. The van der Waals surface area contributed by atoms with Crippen LogP contribution in [0.4, 0.5) is 5.69 Å². The number of anilines is 1. The second kappa shape index (κ2) is 7.17. The molecule has 1 heterocycles. The molecule has 0 radical (unpaired) electrons. The SMILES string of the molecule is CN(C)CCNC(=O)CCC(=O)c1ccc2c(c1)CC(=O)N2. The van der Waals surface area contributed by atoms with Crippen LogP contribution in [0.5, 0.6) is 0 Å². The first-order chi connectivity index (χ1) is 10.5. The van der Waals surface area contributed by atoms with Crippen molar-refractivity contribution in [2.75, 3.05) is 32.5 Å². The minimum Gasteiger partial charge on any atom is -0.355 e. The molecule has 0 saturated heterocycles. The summed E-state index contributed by atoms with van der Waals surface area (Å²) in [6, 6.07) is 5.17. The van der Waals surface area contributed by atoms with Gasteiger partial charge in [-0.2, -0.15) is 0 Å². The molecular weight excluding hydrogens is 282 g/mol. The molecule has 0 atom stereocenters. The van der Waals surface area contributed by atoms with Crippen LogP contribution in [0.1, 0.15) is 28.8 Å². The van der Waals surface area contributed by atoms with Gasteiger partial charge in [-0.05, 0) is 37.9 Å². The van der Waals surface area contributed by atoms with E-state index in [1.54, 1.807) is 18.2 Å². The molecule has 6 nitrogen and oxygen atoms in total. The fourth-order valence-electron chi connectivity index (χ4n) is 2.28. The van der Waals surface area contributed by atoms with Gasteiger partial charge >= 0.3 is 0 Å². The number of nitrogens with one attached hydrogen (secondary N) is 2. The minimum absolute atomic E-state index is 0.0557. The van der Waals surface area contributed by atoms with Crippen LogP contribution in [-0.2, 0) is 16.0 Å². The lowest BCUT2D eigenvalue weighted by Crippen LogP contribution is -2.31. The Labute approximate surface area is 129 Å². The highest BCUT2D eigenvalue weighted by atomic mass is 16.2. The molecule has 1 aromatic rings. The van der Waals surface area contributed by atoms with Crippen LogP contribution in [0.25, 0.3) is 0 Å². The summed E-state index contributed by atoms with van der Waals surface area (Å²) in [5.41, 5.74) is 2.16. The summed E-state index contributed by atoms with van der Waals surface area (Å²) in [5, 5.41) is 5.51. The van der Waals surface area contributed by atoms with Crippen LogP contribution in [0.2, 0.25) is 0 Å². The molecule has 0 unspecified atom stereocenters. The minimum atomic E-state index is -0.117. The van der Waals surface area contributed by atoms with Crippen molar-refractivity contribution < 1.29 is 14.4 Å². The fraction of sp³-hybridized carbons (Fsp3) is 0.438. The lowest BCUT2D eigenvalue weighted by Gasteiger charge is -2.10. The number of hydrogen-bond acceptors (Lipinski definition) is 4. The van der Waals surface area contributed by atoms with Crippen LogP contribution < -0.4 is 10.6 Å². The first-order valence-corrected chi connectivity index (χ1v) is 7.33. The van der Waals surface area contributed by atoms with Crippen LogP contribution in [0.3, 0.4) is 0 Å². The Morgan fingerprint density at radius 3 is 2.77 bits per heavy atom. The van der Waals surface area contributed by atoms with Crippen molar-refractivity contribution in [2.24, 2.45) is 0 Å². The Hall–Kier alpha value is -2.21. The van der Waals surface area contributed by atoms with E-state index in [2.05, 4.69) is 10.6 Å². The van der Waals surface area contributed by atoms with Crippen LogP contribution >= 0.6 is 0 Å². The number of fused-ring (bicyclic) bond motifs is 1. The molecule has 6 heteroatoms. The highest BCUT2D eigenvalue weighted by Gasteiger charge is 2.19. The standard InChI is InChI=1S/C16H21N3O3/c1-19(2)8-7-17-15(21)6-5-14(20)11-3-4-13-12(9-11)10-16(22)18-13/h3-4,9H,5-8,10H2,1-2H3,(H,17,21)(H,18,22). The number of nitrogens with zero attached hydrogens (tertiary/aromatic N) is 1. The molecule has 1 aliphatic heterocycles. The highest BCUT2D eigenvalue weighted by molar-refractivity contribution is 6.02. The van der Waals surface area contributed by atoms with E-state index in [1.165, 1.54) is 0 Å². The largest absolute Gasteiger partial charge is 0.355 e. The Balaban J connectivity index is 1.82. The molecule has 1 aliphatic rings. The molecule has 0 saturated carbocycles. The third-order valence-electron chi connectivity index (χ3n) is 3.51. The molecule has 0 spiro atoms. The van der Waals surface area contributed by atoms with Gasteiger partial charge in [0.05, 0.1) is 6.42 Å². The van der Waals surface area contributed by atoms with Gasteiger partial charge in [-0.25, -0.2) is 0 Å². The van der Waals surface area contributed by atoms with E-state index in [0.29, 0.717) is 18.5 Å². The maximum atomic E-state index is 12.1. The topological polar surface area (TPSA) is 78.5 Å². The van der Waals surface area contributed by atoms with E-state index in [-0.39, 0.29) is 30.4 Å². The molecule has 0 aliphatic carbocycles. The smallest absolute Gasteiger partial charge is 0.228 e. The second-order valence-electron chi connectivity index (χ2n) is 5.67. The summed E-state index contributed by atoms with van der Waals surface area (Å²) in [7, 11) is 3.87. The summed E-state index contributed by atoms with van der Waals surface area (Å²) in [5.74, 6) is -0.252. The average molecular weight is 303 g/mol. The molecule has 2 N–H and O–H groups in total. The number of rotatable bonds is 7. The van der Waals surface area contributed by atoms with Crippen molar-refractivity contribution in [1.29, 1.82) is 0 Å². The van der Waals surface area contributed by atoms with Gasteiger partial charge < -0.3 is 15.5 Å². The van der Waals surface area contributed by atoms with Gasteiger partial charge in [0, 0.05) is 37.2 Å². The van der Waals surface area contributed by atoms with Gasteiger partial charge in [0.15, 0.2) is 5.78 Å². The summed E-state index contributed by atoms with van der Waals surface area (Å²) in [4.78, 5) is 37.0. The lowest BCUT2D eigenvalue weighted by molar-refractivity contribution is -0.121. The molecule has 2 rings (SSSR count). The van der Waals surface area contributed by atoms with E-state index in [0.717, 1.165) is 17.8 Å². The quantitative estimate of drug-likeness (QED) is 0.731. The molecular formula is C16H21N3O3. The van der Waals surface area contributed by atoms with Gasteiger partial charge in [-0.15, -0.1) is 0 Å².